The van der Waals surface area contributed by atoms with Crippen LogP contribution in [0.25, 0.3) is 0 Å². The molecule has 0 amide bonds. The van der Waals surface area contributed by atoms with Gasteiger partial charge >= 0.3 is 0 Å². The Hall–Kier alpha value is -0.590. The van der Waals surface area contributed by atoms with Crippen LogP contribution in [0.1, 0.15) is 0 Å². The van der Waals surface area contributed by atoms with Gasteiger partial charge in [0.25, 0.3) is 0 Å². The standard InChI is InChI=1S/C3H2ClNO/c4-1-2-5-3-6/h1-2H/b2-1+. The second kappa shape index (κ2) is 4.41. The number of rotatable bonds is 1. The molecule has 0 spiro atoms. The van der Waals surface area contributed by atoms with Crippen molar-refractivity contribution in [3.8, 4) is 0 Å². The Morgan fingerprint density at radius 2 is 2.50 bits per heavy atom. The highest BCUT2D eigenvalue weighted by Gasteiger charge is 1.50. The van der Waals surface area contributed by atoms with E-state index in [1.54, 1.807) is 0 Å². The monoisotopic (exact) mass is 103 g/mol. The first-order valence-corrected chi connectivity index (χ1v) is 1.67. The maximum absolute atomic E-state index is 9.16. The molecule has 2 nitrogen and oxygen atoms in total. The van der Waals surface area contributed by atoms with Gasteiger partial charge in [0.15, 0.2) is 0 Å². The topological polar surface area (TPSA) is 29.4 Å². The first-order valence-electron chi connectivity index (χ1n) is 1.24. The molecular formula is C3H2ClNO. The van der Waals surface area contributed by atoms with Gasteiger partial charge in [-0.15, -0.1) is 0 Å². The van der Waals surface area contributed by atoms with E-state index < -0.39 is 0 Å². The average Bonchev–Trinajstić information content (AvgIpc) is 1.61. The zero-order chi connectivity index (χ0) is 4.83. The molecule has 0 radical (unpaired) electrons. The van der Waals surface area contributed by atoms with Gasteiger partial charge in [0, 0.05) is 5.54 Å². The van der Waals surface area contributed by atoms with E-state index in [0.29, 0.717) is 0 Å². The van der Waals surface area contributed by atoms with Gasteiger partial charge in [-0.1, -0.05) is 11.6 Å². The van der Waals surface area contributed by atoms with Crippen LogP contribution in [0, 0.1) is 0 Å². The van der Waals surface area contributed by atoms with Crippen LogP contribution in [-0.4, -0.2) is 6.08 Å². The van der Waals surface area contributed by atoms with E-state index in [1.807, 2.05) is 0 Å². The summed E-state index contributed by atoms with van der Waals surface area (Å²) in [6.45, 7) is 0. The molecular weight excluding hydrogens is 101 g/mol. The minimum atomic E-state index is 1.13. The van der Waals surface area contributed by atoms with Gasteiger partial charge < -0.3 is 0 Å². The van der Waals surface area contributed by atoms with Crippen LogP contribution in [0.4, 0.5) is 0 Å². The minimum absolute atomic E-state index is 1.13. The van der Waals surface area contributed by atoms with Crippen molar-refractivity contribution in [2.75, 3.05) is 0 Å². The fraction of sp³-hybridized carbons (Fsp3) is 0. The fourth-order valence-electron chi connectivity index (χ4n) is 0.0586. The summed E-state index contributed by atoms with van der Waals surface area (Å²) in [5.74, 6) is 0. The molecule has 0 unspecified atom stereocenters. The lowest BCUT2D eigenvalue weighted by Gasteiger charge is -1.53. The highest BCUT2D eigenvalue weighted by atomic mass is 35.5. The van der Waals surface area contributed by atoms with E-state index in [4.69, 9.17) is 16.4 Å². The fourth-order valence-corrected chi connectivity index (χ4v) is 0.115. The van der Waals surface area contributed by atoms with E-state index in [1.165, 1.54) is 6.08 Å². The summed E-state index contributed by atoms with van der Waals surface area (Å²) in [6, 6.07) is 0. The van der Waals surface area contributed by atoms with Gasteiger partial charge in [0.1, 0.15) is 0 Å². The summed E-state index contributed by atoms with van der Waals surface area (Å²) in [5, 5.41) is 0. The van der Waals surface area contributed by atoms with Gasteiger partial charge in [-0.3, -0.25) is 0 Å². The van der Waals surface area contributed by atoms with Crippen LogP contribution in [0.2, 0.25) is 0 Å². The van der Waals surface area contributed by atoms with Crippen molar-refractivity contribution in [1.82, 2.24) is 0 Å². The van der Waals surface area contributed by atoms with Crippen LogP contribution >= 0.6 is 11.6 Å². The number of aliphatic imine (C=N–C) groups is 1. The molecule has 0 rings (SSSR count). The Kier molecular flexibility index (Phi) is 3.98. The summed E-state index contributed by atoms with van der Waals surface area (Å²) in [4.78, 5) is 12.1. The van der Waals surface area contributed by atoms with Crippen LogP contribution in [0.3, 0.4) is 0 Å². The molecule has 0 aromatic heterocycles. The van der Waals surface area contributed by atoms with Crippen molar-refractivity contribution in [1.29, 1.82) is 0 Å². The van der Waals surface area contributed by atoms with Gasteiger partial charge in [-0.25, -0.2) is 4.79 Å². The Labute approximate surface area is 40.1 Å². The number of isocyanates is 1. The first-order chi connectivity index (χ1) is 2.91. The highest BCUT2D eigenvalue weighted by molar-refractivity contribution is 6.25. The van der Waals surface area contributed by atoms with Crippen molar-refractivity contribution in [2.45, 2.75) is 0 Å². The SMILES string of the molecule is O=C=N/C=C/Cl. The maximum atomic E-state index is 9.16. The summed E-state index contributed by atoms with van der Waals surface area (Å²) in [6.07, 6.45) is 2.42. The molecule has 6 heavy (non-hydrogen) atoms. The predicted molar refractivity (Wildman–Crippen MR) is 23.1 cm³/mol. The number of hydrogen-bond acceptors (Lipinski definition) is 2. The summed E-state index contributed by atoms with van der Waals surface area (Å²) < 4.78 is 0. The molecule has 32 valence electrons. The molecule has 0 atom stereocenters. The Bertz CT molecular complexity index is 93.0. The zero-order valence-corrected chi connectivity index (χ0v) is 3.64. The Balaban J connectivity index is 3.33. The second-order valence-corrected chi connectivity index (χ2v) is 0.747. The molecule has 0 saturated heterocycles. The third kappa shape index (κ3) is 3.41. The van der Waals surface area contributed by atoms with Gasteiger partial charge in [-0.05, 0) is 0 Å². The maximum Gasteiger partial charge on any atom is 0.239 e. The van der Waals surface area contributed by atoms with Crippen LogP contribution < -0.4 is 0 Å². The lowest BCUT2D eigenvalue weighted by atomic mass is 11.0. The van der Waals surface area contributed by atoms with Gasteiger partial charge in [0.2, 0.25) is 6.08 Å². The van der Waals surface area contributed by atoms with Crippen molar-refractivity contribution >= 4 is 17.7 Å². The van der Waals surface area contributed by atoms with E-state index in [2.05, 4.69) is 4.99 Å². The van der Waals surface area contributed by atoms with E-state index in [-0.39, 0.29) is 0 Å². The van der Waals surface area contributed by atoms with Gasteiger partial charge in [-0.2, -0.15) is 4.99 Å². The average molecular weight is 104 g/mol. The van der Waals surface area contributed by atoms with Crippen molar-refractivity contribution < 1.29 is 4.79 Å². The lowest BCUT2D eigenvalue weighted by Crippen LogP contribution is -1.40. The molecule has 0 aliphatic heterocycles. The normalized spacial score (nSPS) is 8.17. The van der Waals surface area contributed by atoms with E-state index in [9.17, 15) is 0 Å². The minimum Gasteiger partial charge on any atom is -0.211 e. The molecule has 0 N–H and O–H groups in total. The largest absolute Gasteiger partial charge is 0.239 e. The van der Waals surface area contributed by atoms with E-state index in [0.717, 1.165) is 11.7 Å². The van der Waals surface area contributed by atoms with Crippen LogP contribution in [-0.2, 0) is 4.79 Å². The molecule has 3 heteroatoms. The lowest BCUT2D eigenvalue weighted by molar-refractivity contribution is 0.565. The van der Waals surface area contributed by atoms with Crippen LogP contribution in [0.5, 0.6) is 0 Å². The molecule has 0 aliphatic rings. The highest BCUT2D eigenvalue weighted by Crippen LogP contribution is 1.74. The molecule has 0 aromatic carbocycles. The molecule has 0 aromatic rings. The first kappa shape index (κ1) is 5.41. The smallest absolute Gasteiger partial charge is 0.211 e. The van der Waals surface area contributed by atoms with Gasteiger partial charge in [0.05, 0.1) is 6.20 Å². The van der Waals surface area contributed by atoms with Crippen LogP contribution in [0.15, 0.2) is 16.7 Å². The quantitative estimate of drug-likeness (QED) is 0.360. The molecule has 0 fully saturated rings. The number of nitrogens with zero attached hydrogens (tertiary/aromatic N) is 1. The third-order valence-corrected chi connectivity index (χ3v) is 0.296. The third-order valence-electron chi connectivity index (χ3n) is 0.184. The Morgan fingerprint density at radius 3 is 2.67 bits per heavy atom. The molecule has 0 saturated carbocycles. The van der Waals surface area contributed by atoms with E-state index >= 15 is 0 Å². The predicted octanol–water partition coefficient (Wildman–Crippen LogP) is 1.03. The summed E-state index contributed by atoms with van der Waals surface area (Å²) in [7, 11) is 0. The molecule has 0 aliphatic carbocycles. The number of hydrogen-bond donors (Lipinski definition) is 0. The van der Waals surface area contributed by atoms with Crippen molar-refractivity contribution in [3.63, 3.8) is 0 Å². The number of carbonyl (C=O) groups excluding carboxylic acids is 1. The second-order valence-electron chi connectivity index (χ2n) is 0.495. The zero-order valence-electron chi connectivity index (χ0n) is 2.89. The Morgan fingerprint density at radius 1 is 1.83 bits per heavy atom. The van der Waals surface area contributed by atoms with Crippen molar-refractivity contribution in [3.05, 3.63) is 11.7 Å². The summed E-state index contributed by atoms with van der Waals surface area (Å²) in [5.41, 5.74) is 1.13. The number of halogens is 1. The molecule has 0 bridgehead atoms. The summed E-state index contributed by atoms with van der Waals surface area (Å²) >= 11 is 4.93. The molecule has 0 heterocycles. The van der Waals surface area contributed by atoms with Crippen molar-refractivity contribution in [2.24, 2.45) is 4.99 Å².